The third-order valence-corrected chi connectivity index (χ3v) is 4.64. The second-order valence-electron chi connectivity index (χ2n) is 6.51. The maximum absolute atomic E-state index is 12.2. The molecule has 1 aliphatic carbocycles. The molecule has 1 heterocycles. The Labute approximate surface area is 147 Å². The lowest BCUT2D eigenvalue weighted by Gasteiger charge is -2.34. The average molecular weight is 373 g/mol. The number of piperidine rings is 1. The lowest BCUT2D eigenvalue weighted by atomic mass is 10.0. The van der Waals surface area contributed by atoms with Crippen molar-refractivity contribution < 1.29 is 27.6 Å². The Morgan fingerprint density at radius 1 is 1.23 bits per heavy atom. The van der Waals surface area contributed by atoms with Crippen LogP contribution in [-0.2, 0) is 4.79 Å². The van der Waals surface area contributed by atoms with Crippen molar-refractivity contribution in [2.24, 2.45) is 5.92 Å². The number of rotatable bonds is 5. The van der Waals surface area contributed by atoms with E-state index in [4.69, 9.17) is 0 Å². The molecular weight excluding hydrogens is 355 g/mol. The molecule has 2 atom stereocenters. The summed E-state index contributed by atoms with van der Waals surface area (Å²) >= 11 is 0. The largest absolute Gasteiger partial charge is 0.573 e. The van der Waals surface area contributed by atoms with Gasteiger partial charge in [-0.05, 0) is 37.1 Å². The summed E-state index contributed by atoms with van der Waals surface area (Å²) in [6, 6.07) is 4.85. The van der Waals surface area contributed by atoms with E-state index in [1.54, 1.807) is 12.1 Å². The number of nitrogens with zero attached hydrogens (tertiary/aromatic N) is 2. The van der Waals surface area contributed by atoms with Gasteiger partial charge in [-0.1, -0.05) is 0 Å². The number of anilines is 1. The van der Waals surface area contributed by atoms with Gasteiger partial charge in [-0.25, -0.2) is 0 Å². The number of halogens is 3. The minimum atomic E-state index is -4.71. The summed E-state index contributed by atoms with van der Waals surface area (Å²) < 4.78 is 40.4. The van der Waals surface area contributed by atoms with Crippen LogP contribution in [-0.4, -0.2) is 42.4 Å². The van der Waals surface area contributed by atoms with Crippen molar-refractivity contribution in [3.63, 3.8) is 0 Å². The predicted molar refractivity (Wildman–Crippen MR) is 85.4 cm³/mol. The summed E-state index contributed by atoms with van der Waals surface area (Å²) in [5.74, 6) is -1.06. The number of amides is 1. The first-order valence-corrected chi connectivity index (χ1v) is 8.27. The minimum Gasteiger partial charge on any atom is -0.406 e. The molecule has 1 saturated carbocycles. The Hall–Kier alpha value is -2.52. The third kappa shape index (κ3) is 4.55. The van der Waals surface area contributed by atoms with E-state index in [2.05, 4.69) is 10.1 Å². The van der Waals surface area contributed by atoms with Crippen molar-refractivity contribution in [1.29, 1.82) is 0 Å². The molecule has 1 aliphatic heterocycles. The average Bonchev–Trinajstić information content (AvgIpc) is 3.36. The fraction of sp³-hybridized carbons (Fsp3) is 0.562. The molecule has 2 fully saturated rings. The van der Waals surface area contributed by atoms with Gasteiger partial charge in [0.2, 0.25) is 11.9 Å². The molecule has 0 unspecified atom stereocenters. The topological polar surface area (TPSA) is 84.7 Å². The van der Waals surface area contributed by atoms with Gasteiger partial charge in [0.1, 0.15) is 11.7 Å². The van der Waals surface area contributed by atoms with E-state index in [-0.39, 0.29) is 17.7 Å². The van der Waals surface area contributed by atoms with Crippen LogP contribution in [0.5, 0.6) is 5.75 Å². The van der Waals surface area contributed by atoms with Crippen LogP contribution < -0.4 is 15.0 Å². The molecular formula is C16H18F3N3O4. The maximum atomic E-state index is 12.2. The zero-order valence-electron chi connectivity index (χ0n) is 13.7. The molecule has 3 rings (SSSR count). The summed E-state index contributed by atoms with van der Waals surface area (Å²) in [5, 5.41) is 13.5. The lowest BCUT2D eigenvalue weighted by molar-refractivity contribution is -0.497. The fourth-order valence-electron chi connectivity index (χ4n) is 3.15. The van der Waals surface area contributed by atoms with Crippen LogP contribution in [0, 0.1) is 16.0 Å². The Morgan fingerprint density at radius 2 is 1.85 bits per heavy atom. The Bertz CT molecular complexity index is 672. The summed E-state index contributed by atoms with van der Waals surface area (Å²) in [5.41, 5.74) is 0.778. The Balaban J connectivity index is 1.46. The van der Waals surface area contributed by atoms with Gasteiger partial charge in [0.05, 0.1) is 0 Å². The molecule has 0 radical (unpaired) electrons. The molecule has 0 spiro atoms. The normalized spacial score (nSPS) is 23.4. The van der Waals surface area contributed by atoms with Crippen LogP contribution in [0.4, 0.5) is 18.9 Å². The number of hydrogen-bond donors (Lipinski definition) is 1. The van der Waals surface area contributed by atoms with E-state index in [9.17, 15) is 28.1 Å². The lowest BCUT2D eigenvalue weighted by Crippen LogP contribution is -2.45. The van der Waals surface area contributed by atoms with Crippen LogP contribution >= 0.6 is 0 Å². The van der Waals surface area contributed by atoms with E-state index in [1.165, 1.54) is 12.1 Å². The molecule has 142 valence electrons. The standard InChI is InChI=1S/C16H18F3N3O4/c17-16(18,19)26-12-3-1-11(2-4-12)21-7-5-10(6-8-21)20-15(23)13-9-14(13)22(24)25/h1-4,10,13-14H,5-9H2,(H,20,23)/t13-,14-/m1/s1. The highest BCUT2D eigenvalue weighted by atomic mass is 19.4. The van der Waals surface area contributed by atoms with Crippen molar-refractivity contribution in [3.8, 4) is 5.75 Å². The van der Waals surface area contributed by atoms with Crippen molar-refractivity contribution in [1.82, 2.24) is 5.32 Å². The first-order chi connectivity index (χ1) is 12.2. The molecule has 1 aromatic carbocycles. The number of carbonyl (C=O) groups excluding carboxylic acids is 1. The molecule has 2 aliphatic rings. The van der Waals surface area contributed by atoms with Gasteiger partial charge in [0, 0.05) is 36.2 Å². The van der Waals surface area contributed by atoms with Crippen molar-refractivity contribution >= 4 is 11.6 Å². The molecule has 0 bridgehead atoms. The van der Waals surface area contributed by atoms with Crippen molar-refractivity contribution in [2.75, 3.05) is 18.0 Å². The molecule has 26 heavy (non-hydrogen) atoms. The fourth-order valence-corrected chi connectivity index (χ4v) is 3.15. The summed E-state index contributed by atoms with van der Waals surface area (Å²) in [7, 11) is 0. The van der Waals surface area contributed by atoms with E-state index >= 15 is 0 Å². The predicted octanol–water partition coefficient (Wildman–Crippen LogP) is 2.34. The quantitative estimate of drug-likeness (QED) is 0.633. The molecule has 7 nitrogen and oxygen atoms in total. The second kappa shape index (κ2) is 7.00. The van der Waals surface area contributed by atoms with Crippen molar-refractivity contribution in [3.05, 3.63) is 34.4 Å². The van der Waals surface area contributed by atoms with Crippen LogP contribution in [0.25, 0.3) is 0 Å². The number of carbonyl (C=O) groups is 1. The van der Waals surface area contributed by atoms with E-state index in [1.807, 2.05) is 4.90 Å². The first kappa shape index (κ1) is 18.3. The van der Waals surface area contributed by atoms with Gasteiger partial charge < -0.3 is 15.0 Å². The third-order valence-electron chi connectivity index (χ3n) is 4.64. The Kier molecular flexibility index (Phi) is 4.92. The van der Waals surface area contributed by atoms with Crippen LogP contribution in [0.3, 0.4) is 0 Å². The first-order valence-electron chi connectivity index (χ1n) is 8.27. The zero-order valence-corrected chi connectivity index (χ0v) is 13.7. The molecule has 10 heteroatoms. The van der Waals surface area contributed by atoms with Gasteiger partial charge in [0.25, 0.3) is 0 Å². The van der Waals surface area contributed by atoms with E-state index in [0.717, 1.165) is 5.69 Å². The number of hydrogen-bond acceptors (Lipinski definition) is 5. The summed E-state index contributed by atoms with van der Waals surface area (Å²) in [6.45, 7) is 1.27. The van der Waals surface area contributed by atoms with Gasteiger partial charge in [0.15, 0.2) is 0 Å². The van der Waals surface area contributed by atoms with Gasteiger partial charge in [-0.2, -0.15) is 0 Å². The van der Waals surface area contributed by atoms with Crippen LogP contribution in [0.2, 0.25) is 0 Å². The van der Waals surface area contributed by atoms with E-state index in [0.29, 0.717) is 32.4 Å². The second-order valence-corrected chi connectivity index (χ2v) is 6.51. The Morgan fingerprint density at radius 3 is 2.35 bits per heavy atom. The van der Waals surface area contributed by atoms with Crippen LogP contribution in [0.15, 0.2) is 24.3 Å². The molecule has 1 N–H and O–H groups in total. The number of nitro groups is 1. The van der Waals surface area contributed by atoms with Gasteiger partial charge in [-0.15, -0.1) is 13.2 Å². The highest BCUT2D eigenvalue weighted by Crippen LogP contribution is 2.33. The SMILES string of the molecule is O=C(NC1CCN(c2ccc(OC(F)(F)F)cc2)CC1)[C@@H]1C[C@H]1[N+](=O)[O-]. The van der Waals surface area contributed by atoms with Crippen molar-refractivity contribution in [2.45, 2.75) is 37.7 Å². The maximum Gasteiger partial charge on any atom is 0.573 e. The highest BCUT2D eigenvalue weighted by Gasteiger charge is 2.53. The molecule has 1 aromatic rings. The molecule has 1 saturated heterocycles. The summed E-state index contributed by atoms with van der Waals surface area (Å²) in [4.78, 5) is 24.2. The number of ether oxygens (including phenoxy) is 1. The molecule has 1 amide bonds. The van der Waals surface area contributed by atoms with Gasteiger partial charge in [-0.3, -0.25) is 14.9 Å². The minimum absolute atomic E-state index is 0.0420. The highest BCUT2D eigenvalue weighted by molar-refractivity contribution is 5.82. The summed E-state index contributed by atoms with van der Waals surface area (Å²) in [6.07, 6.45) is -3.08. The monoisotopic (exact) mass is 373 g/mol. The van der Waals surface area contributed by atoms with Gasteiger partial charge >= 0.3 is 6.36 Å². The molecule has 0 aromatic heterocycles. The number of benzene rings is 1. The smallest absolute Gasteiger partial charge is 0.406 e. The number of nitrogens with one attached hydrogen (secondary N) is 1. The number of alkyl halides is 3. The van der Waals surface area contributed by atoms with E-state index < -0.39 is 23.2 Å². The van der Waals surface area contributed by atoms with Crippen LogP contribution in [0.1, 0.15) is 19.3 Å². The zero-order chi connectivity index (χ0) is 18.9.